The van der Waals surface area contributed by atoms with Crippen LogP contribution in [-0.4, -0.2) is 92.4 Å². The number of fused-ring (bicyclic) bond motifs is 1. The number of allylic oxidation sites excluding steroid dienone is 1. The molecule has 8 rings (SSSR count). The first-order valence-corrected chi connectivity index (χ1v) is 22.8. The van der Waals surface area contributed by atoms with Gasteiger partial charge in [-0.1, -0.05) is 43.2 Å². The maximum Gasteiger partial charge on any atom is 0.293 e. The fourth-order valence-electron chi connectivity index (χ4n) is 8.65. The third-order valence-electron chi connectivity index (χ3n) is 12.3. The van der Waals surface area contributed by atoms with Gasteiger partial charge in [-0.15, -0.1) is 0 Å². The summed E-state index contributed by atoms with van der Waals surface area (Å²) in [5.74, 6) is -1.31. The Kier molecular flexibility index (Phi) is 12.5. The van der Waals surface area contributed by atoms with Crippen LogP contribution < -0.4 is 14.9 Å². The zero-order valence-electron chi connectivity index (χ0n) is 34.8. The number of aromatic amines is 1. The Morgan fingerprint density at radius 3 is 2.48 bits per heavy atom. The van der Waals surface area contributed by atoms with Crippen LogP contribution in [0.25, 0.3) is 16.6 Å². The highest BCUT2D eigenvalue weighted by Crippen LogP contribution is 2.43. The van der Waals surface area contributed by atoms with Crippen LogP contribution in [0, 0.1) is 21.4 Å². The Bertz CT molecular complexity index is 2650. The number of piperazine rings is 1. The fraction of sp³-hybridized carbons (Fsp3) is 0.370. The number of nitro benzene ring substituents is 1. The SMILES string of the molecule is CC1(C)CCC(CN2CCN(c3ccc(C(=O)NS(=O)(=O)c4ccc(NCC5CCOCC5)c([N+](=O)[O-])c4)c(C(=O)c4cnc5[nH]ccc5c4)c3)CC2)=C(c2ccc(Cl)cc2)C1. The number of halogens is 1. The van der Waals surface area contributed by atoms with E-state index in [-0.39, 0.29) is 33.7 Å². The van der Waals surface area contributed by atoms with Gasteiger partial charge < -0.3 is 19.9 Å². The van der Waals surface area contributed by atoms with E-state index in [9.17, 15) is 28.1 Å². The highest BCUT2D eigenvalue weighted by atomic mass is 35.5. The van der Waals surface area contributed by atoms with Crippen molar-refractivity contribution in [2.75, 3.05) is 62.7 Å². The van der Waals surface area contributed by atoms with Gasteiger partial charge >= 0.3 is 0 Å². The summed E-state index contributed by atoms with van der Waals surface area (Å²) in [4.78, 5) is 51.3. The lowest BCUT2D eigenvalue weighted by Crippen LogP contribution is -2.47. The maximum absolute atomic E-state index is 14.3. The van der Waals surface area contributed by atoms with Crippen LogP contribution in [0.2, 0.25) is 5.02 Å². The van der Waals surface area contributed by atoms with Gasteiger partial charge in [0.15, 0.2) is 5.78 Å². The molecule has 2 fully saturated rings. The standard InChI is InChI=1S/C46H50ClN7O7S/c1-46(2)15-11-33(40(26-46)31-3-5-35(47)6-4-31)29-52-17-19-53(20-18-52)36-7-9-38(39(24-36)43(55)34-23-32-12-16-48-44(32)50-28-34)45(56)51-62(59,60)37-8-10-41(42(25-37)54(57)58)49-27-30-13-21-61-22-14-30/h3-10,12,16,23-25,28,30,49H,11,13-15,17-22,26-27,29H2,1-2H3,(H,48,50)(H,51,56). The molecule has 0 unspecified atom stereocenters. The van der Waals surface area contributed by atoms with Crippen LogP contribution in [0.1, 0.15) is 77.8 Å². The minimum Gasteiger partial charge on any atom is -0.381 e. The first kappa shape index (κ1) is 43.1. The van der Waals surface area contributed by atoms with Crippen molar-refractivity contribution >= 4 is 67.0 Å². The van der Waals surface area contributed by atoms with Crippen LogP contribution in [-0.2, 0) is 14.8 Å². The van der Waals surface area contributed by atoms with E-state index >= 15 is 0 Å². The van der Waals surface area contributed by atoms with Crippen molar-refractivity contribution in [3.05, 3.63) is 128 Å². The van der Waals surface area contributed by atoms with E-state index in [1.807, 2.05) is 12.1 Å². The van der Waals surface area contributed by atoms with Gasteiger partial charge in [0.1, 0.15) is 11.3 Å². The summed E-state index contributed by atoms with van der Waals surface area (Å²) in [7, 11) is -4.63. The molecule has 0 saturated carbocycles. The predicted octanol–water partition coefficient (Wildman–Crippen LogP) is 8.10. The number of nitro groups is 1. The number of pyridine rings is 1. The molecule has 0 atom stereocenters. The Morgan fingerprint density at radius 1 is 0.984 bits per heavy atom. The molecule has 324 valence electrons. The highest BCUT2D eigenvalue weighted by Gasteiger charge is 2.31. The Hall–Kier alpha value is -5.61. The van der Waals surface area contributed by atoms with Crippen molar-refractivity contribution in [1.82, 2.24) is 19.6 Å². The number of ether oxygens (including phenoxy) is 1. The zero-order chi connectivity index (χ0) is 43.6. The van der Waals surface area contributed by atoms with Crippen molar-refractivity contribution in [3.63, 3.8) is 0 Å². The summed E-state index contributed by atoms with van der Waals surface area (Å²) < 4.78 is 34.9. The number of hydrogen-bond donors (Lipinski definition) is 3. The number of nitrogens with zero attached hydrogens (tertiary/aromatic N) is 4. The van der Waals surface area contributed by atoms with Gasteiger partial charge in [-0.3, -0.25) is 24.6 Å². The van der Waals surface area contributed by atoms with Gasteiger partial charge in [0, 0.05) is 98.2 Å². The van der Waals surface area contributed by atoms with E-state index in [0.29, 0.717) is 54.6 Å². The molecule has 3 aromatic carbocycles. The number of benzene rings is 3. The number of hydrogen-bond acceptors (Lipinski definition) is 11. The summed E-state index contributed by atoms with van der Waals surface area (Å²) in [5.41, 5.74) is 5.32. The largest absolute Gasteiger partial charge is 0.381 e. The second-order valence-electron chi connectivity index (χ2n) is 17.2. The number of amides is 1. The number of sulfonamides is 1. The number of aromatic nitrogens is 2. The smallest absolute Gasteiger partial charge is 0.293 e. The second-order valence-corrected chi connectivity index (χ2v) is 19.3. The normalized spacial score (nSPS) is 17.6. The fourth-order valence-corrected chi connectivity index (χ4v) is 9.76. The van der Waals surface area contributed by atoms with E-state index in [4.69, 9.17) is 16.3 Å². The van der Waals surface area contributed by atoms with Crippen LogP contribution in [0.3, 0.4) is 0 Å². The molecule has 16 heteroatoms. The first-order valence-electron chi connectivity index (χ1n) is 21.0. The molecule has 2 saturated heterocycles. The van der Waals surface area contributed by atoms with Gasteiger partial charge in [-0.2, -0.15) is 0 Å². The van der Waals surface area contributed by atoms with E-state index < -0.39 is 37.2 Å². The highest BCUT2D eigenvalue weighted by molar-refractivity contribution is 7.90. The molecule has 3 N–H and O–H groups in total. The molecule has 0 radical (unpaired) electrons. The van der Waals surface area contributed by atoms with Gasteiger partial charge in [-0.25, -0.2) is 18.1 Å². The van der Waals surface area contributed by atoms with E-state index in [0.717, 1.165) is 57.8 Å². The molecule has 14 nitrogen and oxygen atoms in total. The molecule has 0 spiro atoms. The minimum absolute atomic E-state index is 0.00413. The summed E-state index contributed by atoms with van der Waals surface area (Å²) in [6.45, 7) is 10.1. The number of carbonyl (C=O) groups excluding carboxylic acids is 2. The maximum atomic E-state index is 14.3. The summed E-state index contributed by atoms with van der Waals surface area (Å²) >= 11 is 6.24. The third-order valence-corrected chi connectivity index (χ3v) is 13.9. The lowest BCUT2D eigenvalue weighted by Gasteiger charge is -2.39. The number of anilines is 2. The van der Waals surface area contributed by atoms with E-state index in [2.05, 4.69) is 55.8 Å². The first-order chi connectivity index (χ1) is 29.7. The van der Waals surface area contributed by atoms with Crippen LogP contribution >= 0.6 is 11.6 Å². The van der Waals surface area contributed by atoms with Gasteiger partial charge in [0.2, 0.25) is 0 Å². The summed E-state index contributed by atoms with van der Waals surface area (Å²) in [6, 6.07) is 19.8. The number of rotatable bonds is 13. The van der Waals surface area contributed by atoms with Crippen molar-refractivity contribution in [2.24, 2.45) is 11.3 Å². The van der Waals surface area contributed by atoms with Crippen molar-refractivity contribution < 1.29 is 27.7 Å². The molecule has 0 bridgehead atoms. The second kappa shape index (κ2) is 18.0. The molecule has 1 amide bonds. The van der Waals surface area contributed by atoms with Gasteiger partial charge in [-0.05, 0) is 109 Å². The van der Waals surface area contributed by atoms with E-state index in [1.165, 1.54) is 41.1 Å². The minimum atomic E-state index is -4.63. The molecule has 4 heterocycles. The molecule has 5 aromatic rings. The average molecular weight is 880 g/mol. The zero-order valence-corrected chi connectivity index (χ0v) is 36.4. The molecular weight excluding hydrogens is 830 g/mol. The number of carbonyl (C=O) groups is 2. The van der Waals surface area contributed by atoms with Crippen molar-refractivity contribution in [3.8, 4) is 0 Å². The quantitative estimate of drug-likeness (QED) is 0.0591. The van der Waals surface area contributed by atoms with Gasteiger partial charge in [0.05, 0.1) is 15.4 Å². The van der Waals surface area contributed by atoms with Crippen LogP contribution in [0.15, 0.2) is 95.7 Å². The Morgan fingerprint density at radius 2 is 1.74 bits per heavy atom. The molecule has 2 aliphatic heterocycles. The number of H-pyrrole nitrogens is 1. The van der Waals surface area contributed by atoms with Crippen LogP contribution in [0.4, 0.5) is 17.1 Å². The topological polar surface area (TPSA) is 180 Å². The molecule has 62 heavy (non-hydrogen) atoms. The monoisotopic (exact) mass is 879 g/mol. The number of nitrogens with one attached hydrogen (secondary N) is 3. The third kappa shape index (κ3) is 9.71. The predicted molar refractivity (Wildman–Crippen MR) is 240 cm³/mol. The molecule has 3 aliphatic rings. The molecule has 2 aromatic heterocycles. The molecule has 1 aliphatic carbocycles. The van der Waals surface area contributed by atoms with E-state index in [1.54, 1.807) is 30.5 Å². The Balaban J connectivity index is 1.02. The summed E-state index contributed by atoms with van der Waals surface area (Å²) in [6.07, 6.45) is 7.88. The van der Waals surface area contributed by atoms with Gasteiger partial charge in [0.25, 0.3) is 21.6 Å². The van der Waals surface area contributed by atoms with Crippen molar-refractivity contribution in [1.29, 1.82) is 0 Å². The summed E-state index contributed by atoms with van der Waals surface area (Å²) in [5, 5.41) is 16.6. The molecular formula is C46H50ClN7O7S. The lowest BCUT2D eigenvalue weighted by molar-refractivity contribution is -0.384. The number of ketones is 1. The van der Waals surface area contributed by atoms with Crippen molar-refractivity contribution in [2.45, 2.75) is 50.8 Å². The Labute approximate surface area is 365 Å². The average Bonchev–Trinajstić information content (AvgIpc) is 3.75. The van der Waals surface area contributed by atoms with Crippen LogP contribution in [0.5, 0.6) is 0 Å². The lowest BCUT2D eigenvalue weighted by atomic mass is 9.72.